The molecule has 1 aromatic heterocycles. The molecule has 2 heterocycles. The first kappa shape index (κ1) is 9.12. The molecular formula is C9H14N2OS. The Morgan fingerprint density at radius 2 is 2.23 bits per heavy atom. The summed E-state index contributed by atoms with van der Waals surface area (Å²) in [6, 6.07) is 0. The van der Waals surface area contributed by atoms with Gasteiger partial charge in [-0.1, -0.05) is 0 Å². The van der Waals surface area contributed by atoms with Crippen LogP contribution in [0.4, 0.5) is 0 Å². The molecule has 1 aliphatic heterocycles. The summed E-state index contributed by atoms with van der Waals surface area (Å²) < 4.78 is 0. The summed E-state index contributed by atoms with van der Waals surface area (Å²) in [4.78, 5) is 6.42. The Balaban J connectivity index is 2.13. The average molecular weight is 198 g/mol. The van der Waals surface area contributed by atoms with Crippen molar-refractivity contribution in [2.24, 2.45) is 0 Å². The minimum atomic E-state index is -0.652. The van der Waals surface area contributed by atoms with E-state index < -0.39 is 5.60 Å². The van der Waals surface area contributed by atoms with Crippen molar-refractivity contribution >= 4 is 11.3 Å². The van der Waals surface area contributed by atoms with Gasteiger partial charge in [0.1, 0.15) is 10.6 Å². The molecule has 1 fully saturated rings. The van der Waals surface area contributed by atoms with Crippen LogP contribution < -0.4 is 0 Å². The van der Waals surface area contributed by atoms with Crippen molar-refractivity contribution in [1.29, 1.82) is 0 Å². The minimum absolute atomic E-state index is 0.652. The zero-order valence-corrected chi connectivity index (χ0v) is 8.55. The lowest BCUT2D eigenvalue weighted by atomic mass is 9.92. The molecule has 4 heteroatoms. The van der Waals surface area contributed by atoms with Gasteiger partial charge < -0.3 is 10.0 Å². The number of hydrogen-bond donors (Lipinski definition) is 1. The van der Waals surface area contributed by atoms with Gasteiger partial charge in [0, 0.05) is 24.7 Å². The molecule has 0 aromatic carbocycles. The second-order valence-electron chi connectivity index (χ2n) is 3.67. The first-order valence-electron chi connectivity index (χ1n) is 4.52. The molecule has 1 N–H and O–H groups in total. The summed E-state index contributed by atoms with van der Waals surface area (Å²) in [7, 11) is 2.08. The molecule has 0 radical (unpaired) electrons. The van der Waals surface area contributed by atoms with Gasteiger partial charge >= 0.3 is 0 Å². The number of nitrogens with zero attached hydrogens (tertiary/aromatic N) is 2. The molecule has 0 aliphatic carbocycles. The predicted octanol–water partition coefficient (Wildman–Crippen LogP) is 1.06. The predicted molar refractivity (Wildman–Crippen MR) is 52.7 cm³/mol. The molecule has 1 saturated heterocycles. The smallest absolute Gasteiger partial charge is 0.124 e. The molecule has 0 amide bonds. The Morgan fingerprint density at radius 3 is 2.77 bits per heavy atom. The maximum Gasteiger partial charge on any atom is 0.124 e. The molecule has 13 heavy (non-hydrogen) atoms. The Kier molecular flexibility index (Phi) is 2.36. The summed E-state index contributed by atoms with van der Waals surface area (Å²) in [5, 5.41) is 13.1. The van der Waals surface area contributed by atoms with E-state index in [0.29, 0.717) is 0 Å². The Bertz CT molecular complexity index is 265. The summed E-state index contributed by atoms with van der Waals surface area (Å²) >= 11 is 1.55. The molecule has 0 spiro atoms. The van der Waals surface area contributed by atoms with E-state index in [4.69, 9.17) is 0 Å². The summed E-state index contributed by atoms with van der Waals surface area (Å²) in [6.45, 7) is 1.91. The fourth-order valence-corrected chi connectivity index (χ4v) is 2.45. The van der Waals surface area contributed by atoms with E-state index in [1.165, 1.54) is 0 Å². The fraction of sp³-hybridized carbons (Fsp3) is 0.667. The number of likely N-dealkylation sites (tertiary alicyclic amines) is 1. The molecule has 2 rings (SSSR count). The highest BCUT2D eigenvalue weighted by molar-refractivity contribution is 7.09. The molecule has 3 nitrogen and oxygen atoms in total. The Morgan fingerprint density at radius 1 is 1.54 bits per heavy atom. The van der Waals surface area contributed by atoms with Gasteiger partial charge in [0.25, 0.3) is 0 Å². The normalized spacial score (nSPS) is 23.2. The van der Waals surface area contributed by atoms with Crippen LogP contribution in [0.2, 0.25) is 0 Å². The molecule has 0 bridgehead atoms. The molecule has 72 valence electrons. The van der Waals surface area contributed by atoms with Crippen molar-refractivity contribution in [3.05, 3.63) is 16.6 Å². The molecule has 1 aromatic rings. The van der Waals surface area contributed by atoms with Gasteiger partial charge in [-0.2, -0.15) is 0 Å². The van der Waals surface area contributed by atoms with E-state index >= 15 is 0 Å². The third-order valence-electron chi connectivity index (χ3n) is 2.64. The van der Waals surface area contributed by atoms with Crippen LogP contribution in [0.15, 0.2) is 11.6 Å². The first-order chi connectivity index (χ1) is 6.21. The van der Waals surface area contributed by atoms with E-state index in [9.17, 15) is 5.11 Å². The fourth-order valence-electron chi connectivity index (χ4n) is 1.66. The van der Waals surface area contributed by atoms with Gasteiger partial charge in [0.2, 0.25) is 0 Å². The number of aliphatic hydroxyl groups is 1. The van der Waals surface area contributed by atoms with E-state index in [-0.39, 0.29) is 0 Å². The number of piperidine rings is 1. The summed E-state index contributed by atoms with van der Waals surface area (Å²) in [5.41, 5.74) is -0.652. The van der Waals surface area contributed by atoms with Crippen LogP contribution in [0.25, 0.3) is 0 Å². The quantitative estimate of drug-likeness (QED) is 0.733. The number of thiazole rings is 1. The first-order valence-corrected chi connectivity index (χ1v) is 5.40. The lowest BCUT2D eigenvalue weighted by Gasteiger charge is -2.34. The highest BCUT2D eigenvalue weighted by Gasteiger charge is 2.34. The van der Waals surface area contributed by atoms with E-state index in [2.05, 4.69) is 16.9 Å². The van der Waals surface area contributed by atoms with Gasteiger partial charge in [0.15, 0.2) is 0 Å². The van der Waals surface area contributed by atoms with Crippen LogP contribution in [-0.2, 0) is 5.60 Å². The van der Waals surface area contributed by atoms with Gasteiger partial charge in [-0.15, -0.1) is 11.3 Å². The highest BCUT2D eigenvalue weighted by Crippen LogP contribution is 2.33. The third kappa shape index (κ3) is 1.75. The molecule has 1 aliphatic rings. The summed E-state index contributed by atoms with van der Waals surface area (Å²) in [6.07, 6.45) is 3.37. The van der Waals surface area contributed by atoms with Gasteiger partial charge in [-0.25, -0.2) is 4.98 Å². The van der Waals surface area contributed by atoms with Gasteiger partial charge in [-0.3, -0.25) is 0 Å². The minimum Gasteiger partial charge on any atom is -0.383 e. The van der Waals surface area contributed by atoms with E-state index in [1.807, 2.05) is 5.38 Å². The van der Waals surface area contributed by atoms with Crippen molar-refractivity contribution < 1.29 is 5.11 Å². The standard InChI is InChI=1S/C9H14N2OS/c1-11-5-2-9(12,3-6-11)8-10-4-7-13-8/h4,7,12H,2-3,5-6H2,1H3. The zero-order valence-electron chi connectivity index (χ0n) is 7.73. The summed E-state index contributed by atoms with van der Waals surface area (Å²) in [5.74, 6) is 0. The van der Waals surface area contributed by atoms with Crippen LogP contribution in [-0.4, -0.2) is 35.1 Å². The monoisotopic (exact) mass is 198 g/mol. The largest absolute Gasteiger partial charge is 0.383 e. The molecule has 0 saturated carbocycles. The lowest BCUT2D eigenvalue weighted by Crippen LogP contribution is -2.40. The molecule has 0 unspecified atom stereocenters. The lowest BCUT2D eigenvalue weighted by molar-refractivity contribution is -0.0204. The Hall–Kier alpha value is -0.450. The maximum absolute atomic E-state index is 10.3. The number of hydrogen-bond acceptors (Lipinski definition) is 4. The van der Waals surface area contributed by atoms with E-state index in [1.54, 1.807) is 17.5 Å². The third-order valence-corrected chi connectivity index (χ3v) is 3.61. The van der Waals surface area contributed by atoms with Crippen molar-refractivity contribution in [3.8, 4) is 0 Å². The van der Waals surface area contributed by atoms with Crippen molar-refractivity contribution in [3.63, 3.8) is 0 Å². The number of aromatic nitrogens is 1. The SMILES string of the molecule is CN1CCC(O)(c2nccs2)CC1. The van der Waals surface area contributed by atoms with Crippen LogP contribution in [0.1, 0.15) is 17.8 Å². The molecular weight excluding hydrogens is 184 g/mol. The maximum atomic E-state index is 10.3. The second kappa shape index (κ2) is 3.36. The van der Waals surface area contributed by atoms with Crippen LogP contribution >= 0.6 is 11.3 Å². The van der Waals surface area contributed by atoms with Crippen LogP contribution in [0.3, 0.4) is 0 Å². The van der Waals surface area contributed by atoms with Crippen LogP contribution in [0.5, 0.6) is 0 Å². The van der Waals surface area contributed by atoms with Crippen molar-refractivity contribution in [1.82, 2.24) is 9.88 Å². The topological polar surface area (TPSA) is 36.4 Å². The van der Waals surface area contributed by atoms with Gasteiger partial charge in [-0.05, 0) is 19.9 Å². The second-order valence-corrected chi connectivity index (χ2v) is 4.57. The number of rotatable bonds is 1. The zero-order chi connectivity index (χ0) is 9.31. The van der Waals surface area contributed by atoms with Gasteiger partial charge in [0.05, 0.1) is 0 Å². The van der Waals surface area contributed by atoms with Crippen LogP contribution in [0, 0.1) is 0 Å². The van der Waals surface area contributed by atoms with E-state index in [0.717, 1.165) is 30.9 Å². The Labute approximate surface area is 82.0 Å². The highest BCUT2D eigenvalue weighted by atomic mass is 32.1. The van der Waals surface area contributed by atoms with Crippen molar-refractivity contribution in [2.75, 3.05) is 20.1 Å². The average Bonchev–Trinajstić information content (AvgIpc) is 2.63. The molecule has 0 atom stereocenters. The van der Waals surface area contributed by atoms with Crippen molar-refractivity contribution in [2.45, 2.75) is 18.4 Å².